The van der Waals surface area contributed by atoms with Gasteiger partial charge in [-0.15, -0.1) is 0 Å². The maximum absolute atomic E-state index is 13.4. The number of hydrogen-bond donors (Lipinski definition) is 2. The van der Waals surface area contributed by atoms with E-state index in [0.717, 1.165) is 0 Å². The first kappa shape index (κ1) is 22.8. The number of amides is 1. The zero-order valence-corrected chi connectivity index (χ0v) is 19.0. The Balaban J connectivity index is 2.15. The van der Waals surface area contributed by atoms with Crippen molar-refractivity contribution < 1.29 is 18.3 Å². The van der Waals surface area contributed by atoms with Crippen molar-refractivity contribution in [3.8, 4) is 11.3 Å². The predicted molar refractivity (Wildman–Crippen MR) is 120 cm³/mol. The number of nitrogens with zero attached hydrogens (tertiary/aromatic N) is 2. The number of pyridine rings is 1. The van der Waals surface area contributed by atoms with Crippen LogP contribution < -0.4 is 5.32 Å². The minimum atomic E-state index is -3.95. The molecule has 0 radical (unpaired) electrons. The van der Waals surface area contributed by atoms with Crippen LogP contribution in [0.3, 0.4) is 0 Å². The van der Waals surface area contributed by atoms with Crippen LogP contribution >= 0.6 is 11.6 Å². The van der Waals surface area contributed by atoms with Gasteiger partial charge in [-0.25, -0.2) is 17.2 Å². The topological polar surface area (TPSA) is 101 Å². The Morgan fingerprint density at radius 1 is 1.23 bits per heavy atom. The number of rotatable bonds is 6. The van der Waals surface area contributed by atoms with E-state index in [0.29, 0.717) is 28.3 Å². The third kappa shape index (κ3) is 5.08. The molecule has 0 aliphatic heterocycles. The van der Waals surface area contributed by atoms with Gasteiger partial charge in [0.05, 0.1) is 5.69 Å². The van der Waals surface area contributed by atoms with Crippen molar-refractivity contribution >= 4 is 27.7 Å². The highest BCUT2D eigenvalue weighted by molar-refractivity contribution is 7.90. The Morgan fingerprint density at radius 2 is 1.94 bits per heavy atom. The lowest BCUT2D eigenvalue weighted by atomic mass is 9.83. The lowest BCUT2D eigenvalue weighted by Gasteiger charge is -2.30. The number of carboxylic acid groups (broad SMARTS) is 1. The van der Waals surface area contributed by atoms with E-state index in [1.807, 2.05) is 20.8 Å². The summed E-state index contributed by atoms with van der Waals surface area (Å²) in [7, 11) is -3.95. The van der Waals surface area contributed by atoms with Gasteiger partial charge < -0.3 is 10.4 Å². The molecule has 164 valence electrons. The first-order valence-corrected chi connectivity index (χ1v) is 11.4. The van der Waals surface area contributed by atoms with Crippen LogP contribution in [0.25, 0.3) is 11.3 Å². The predicted octanol–water partition coefficient (Wildman–Crippen LogP) is 4.67. The van der Waals surface area contributed by atoms with Crippen molar-refractivity contribution in [2.45, 2.75) is 38.1 Å². The SMILES string of the molecule is CC(C)(C)C(Cc1cc(-c2ccccc2Cl)n(S(=O)(=O)c2cccnc2)c1)NC(=O)O. The molecule has 9 heteroatoms. The molecule has 1 amide bonds. The molecule has 7 nitrogen and oxygen atoms in total. The molecular formula is C22H24ClN3O4S. The summed E-state index contributed by atoms with van der Waals surface area (Å²) < 4.78 is 27.9. The van der Waals surface area contributed by atoms with Gasteiger partial charge in [0.15, 0.2) is 0 Å². The van der Waals surface area contributed by atoms with Gasteiger partial charge in [0.2, 0.25) is 0 Å². The smallest absolute Gasteiger partial charge is 0.404 e. The lowest BCUT2D eigenvalue weighted by Crippen LogP contribution is -2.44. The molecule has 0 bridgehead atoms. The van der Waals surface area contributed by atoms with E-state index >= 15 is 0 Å². The summed E-state index contributed by atoms with van der Waals surface area (Å²) in [6, 6.07) is 11.3. The molecule has 1 atom stereocenters. The van der Waals surface area contributed by atoms with Crippen molar-refractivity contribution in [1.82, 2.24) is 14.3 Å². The summed E-state index contributed by atoms with van der Waals surface area (Å²) in [6.45, 7) is 5.77. The molecule has 0 spiro atoms. The summed E-state index contributed by atoms with van der Waals surface area (Å²) in [5, 5.41) is 12.2. The first-order chi connectivity index (χ1) is 14.5. The average molecular weight is 462 g/mol. The van der Waals surface area contributed by atoms with Crippen LogP contribution in [0.2, 0.25) is 5.02 Å². The van der Waals surface area contributed by atoms with E-state index in [-0.39, 0.29) is 10.3 Å². The number of carbonyl (C=O) groups is 1. The van der Waals surface area contributed by atoms with Gasteiger partial charge in [-0.3, -0.25) is 4.98 Å². The molecule has 1 aromatic carbocycles. The van der Waals surface area contributed by atoms with Gasteiger partial charge in [-0.1, -0.05) is 50.6 Å². The maximum Gasteiger partial charge on any atom is 0.404 e. The van der Waals surface area contributed by atoms with E-state index in [9.17, 15) is 18.3 Å². The molecule has 0 aliphatic carbocycles. The summed E-state index contributed by atoms with van der Waals surface area (Å²) in [5.74, 6) is 0. The van der Waals surface area contributed by atoms with Crippen molar-refractivity contribution in [3.63, 3.8) is 0 Å². The molecule has 0 saturated carbocycles. The fourth-order valence-electron chi connectivity index (χ4n) is 3.24. The lowest BCUT2D eigenvalue weighted by molar-refractivity contribution is 0.174. The third-order valence-corrected chi connectivity index (χ3v) is 6.95. The average Bonchev–Trinajstić information content (AvgIpc) is 3.12. The van der Waals surface area contributed by atoms with E-state index < -0.39 is 22.2 Å². The minimum Gasteiger partial charge on any atom is -0.465 e. The highest BCUT2D eigenvalue weighted by Gasteiger charge is 2.29. The molecule has 3 aromatic rings. The van der Waals surface area contributed by atoms with E-state index in [4.69, 9.17) is 11.6 Å². The Morgan fingerprint density at radius 3 is 2.52 bits per heavy atom. The standard InChI is InChI=1S/C22H24ClN3O4S/c1-22(2,3)20(25-21(27)28)12-15-11-19(17-8-4-5-9-18(17)23)26(14-15)31(29,30)16-7-6-10-24-13-16/h4-11,13-14,20,25H,12H2,1-3H3,(H,27,28). The van der Waals surface area contributed by atoms with E-state index in [1.54, 1.807) is 36.4 Å². The van der Waals surface area contributed by atoms with Crippen LogP contribution in [-0.4, -0.2) is 34.6 Å². The Bertz CT molecular complexity index is 1180. The number of halogens is 1. The number of hydrogen-bond acceptors (Lipinski definition) is 4. The maximum atomic E-state index is 13.4. The molecule has 2 aromatic heterocycles. The van der Waals surface area contributed by atoms with E-state index in [2.05, 4.69) is 10.3 Å². The van der Waals surface area contributed by atoms with Crippen LogP contribution in [0, 0.1) is 5.41 Å². The molecule has 0 aliphatic rings. The summed E-state index contributed by atoms with van der Waals surface area (Å²) in [4.78, 5) is 15.3. The van der Waals surface area contributed by atoms with Crippen LogP contribution in [0.1, 0.15) is 26.3 Å². The molecule has 2 N–H and O–H groups in total. The Labute approximate surface area is 186 Å². The minimum absolute atomic E-state index is 0.0430. The fraction of sp³-hybridized carbons (Fsp3) is 0.273. The van der Waals surface area contributed by atoms with Crippen LogP contribution in [-0.2, 0) is 16.4 Å². The summed E-state index contributed by atoms with van der Waals surface area (Å²) >= 11 is 6.37. The number of nitrogens with one attached hydrogen (secondary N) is 1. The van der Waals surface area contributed by atoms with Crippen LogP contribution in [0.15, 0.2) is 66.0 Å². The van der Waals surface area contributed by atoms with Crippen molar-refractivity contribution in [3.05, 3.63) is 71.6 Å². The second-order valence-electron chi connectivity index (χ2n) is 8.28. The zero-order chi connectivity index (χ0) is 22.8. The second-order valence-corrected chi connectivity index (χ2v) is 10.5. The monoisotopic (exact) mass is 461 g/mol. The van der Waals surface area contributed by atoms with Crippen molar-refractivity contribution in [2.75, 3.05) is 0 Å². The normalized spacial score (nSPS) is 13.0. The summed E-state index contributed by atoms with van der Waals surface area (Å²) in [5.41, 5.74) is 1.23. The molecule has 31 heavy (non-hydrogen) atoms. The van der Waals surface area contributed by atoms with Crippen molar-refractivity contribution in [2.24, 2.45) is 5.41 Å². The molecule has 0 fully saturated rings. The molecular weight excluding hydrogens is 438 g/mol. The van der Waals surface area contributed by atoms with Gasteiger partial charge >= 0.3 is 6.09 Å². The van der Waals surface area contributed by atoms with Gasteiger partial charge in [0.25, 0.3) is 10.0 Å². The highest BCUT2D eigenvalue weighted by atomic mass is 35.5. The van der Waals surface area contributed by atoms with Crippen LogP contribution in [0.4, 0.5) is 4.79 Å². The third-order valence-electron chi connectivity index (χ3n) is 4.97. The largest absolute Gasteiger partial charge is 0.465 e. The van der Waals surface area contributed by atoms with Gasteiger partial charge in [0.1, 0.15) is 4.90 Å². The Hall–Kier alpha value is -2.84. The quantitative estimate of drug-likeness (QED) is 0.555. The number of aromatic nitrogens is 2. The zero-order valence-electron chi connectivity index (χ0n) is 17.4. The Kier molecular flexibility index (Phi) is 6.43. The fourth-order valence-corrected chi connectivity index (χ4v) is 4.83. The van der Waals surface area contributed by atoms with Gasteiger partial charge in [0, 0.05) is 35.2 Å². The molecule has 1 unspecified atom stereocenters. The van der Waals surface area contributed by atoms with Gasteiger partial charge in [-0.2, -0.15) is 0 Å². The molecule has 0 saturated heterocycles. The van der Waals surface area contributed by atoms with Gasteiger partial charge in [-0.05, 0) is 41.7 Å². The number of benzene rings is 1. The first-order valence-electron chi connectivity index (χ1n) is 9.61. The van der Waals surface area contributed by atoms with E-state index in [1.165, 1.54) is 28.6 Å². The highest BCUT2D eigenvalue weighted by Crippen LogP contribution is 2.33. The summed E-state index contributed by atoms with van der Waals surface area (Å²) in [6.07, 6.45) is 3.48. The molecule has 2 heterocycles. The van der Waals surface area contributed by atoms with Crippen LogP contribution in [0.5, 0.6) is 0 Å². The van der Waals surface area contributed by atoms with Crippen molar-refractivity contribution in [1.29, 1.82) is 0 Å². The second kappa shape index (κ2) is 8.72. The molecule has 3 rings (SSSR count).